The molecule has 1 aliphatic rings. The van der Waals surface area contributed by atoms with Crippen molar-refractivity contribution in [2.45, 2.75) is 6.54 Å². The van der Waals surface area contributed by atoms with E-state index in [0.29, 0.717) is 11.1 Å². The number of fused-ring (bicyclic) bond motifs is 1. The topological polar surface area (TPSA) is 94.3 Å². The molecule has 9 nitrogen and oxygen atoms in total. The Kier molecular flexibility index (Phi) is 5.23. The van der Waals surface area contributed by atoms with Gasteiger partial charge in [-0.05, 0) is 47.9 Å². The van der Waals surface area contributed by atoms with Gasteiger partial charge in [-0.3, -0.25) is 4.79 Å². The fourth-order valence-electron chi connectivity index (χ4n) is 3.49. The number of ether oxygens (including phenoxy) is 1. The monoisotopic (exact) mass is 436 g/mol. The van der Waals surface area contributed by atoms with Crippen molar-refractivity contribution >= 4 is 33.3 Å². The van der Waals surface area contributed by atoms with Crippen LogP contribution in [-0.2, 0) is 11.3 Å². The maximum Gasteiger partial charge on any atom is 0.338 e. The third-order valence-electron chi connectivity index (χ3n) is 5.13. The van der Waals surface area contributed by atoms with Gasteiger partial charge < -0.3 is 15.0 Å². The van der Waals surface area contributed by atoms with Gasteiger partial charge in [0.15, 0.2) is 0 Å². The number of morpholine rings is 1. The number of nitrogens with zero attached hydrogens (tertiary/aromatic N) is 5. The molecule has 0 atom stereocenters. The van der Waals surface area contributed by atoms with Crippen LogP contribution in [0.4, 0.5) is 10.5 Å². The van der Waals surface area contributed by atoms with Crippen molar-refractivity contribution in [3.63, 3.8) is 0 Å². The van der Waals surface area contributed by atoms with Crippen molar-refractivity contribution in [1.82, 2.24) is 24.3 Å². The van der Waals surface area contributed by atoms with Crippen molar-refractivity contribution in [2.75, 3.05) is 31.2 Å². The summed E-state index contributed by atoms with van der Waals surface area (Å²) in [4.78, 5) is 27.1. The average molecular weight is 436 g/mol. The molecule has 0 spiro atoms. The van der Waals surface area contributed by atoms with E-state index < -0.39 is 6.03 Å². The smallest absolute Gasteiger partial charge is 0.338 e. The molecule has 10 heteroatoms. The second kappa shape index (κ2) is 8.32. The summed E-state index contributed by atoms with van der Waals surface area (Å²) in [6.07, 6.45) is 1.76. The maximum absolute atomic E-state index is 12.5. The number of anilines is 1. The quantitative estimate of drug-likeness (QED) is 0.527. The second-order valence-electron chi connectivity index (χ2n) is 7.12. The van der Waals surface area contributed by atoms with E-state index in [2.05, 4.69) is 32.7 Å². The zero-order valence-corrected chi connectivity index (χ0v) is 17.4. The molecule has 0 saturated carbocycles. The number of nitrogens with one attached hydrogen (secondary N) is 1. The van der Waals surface area contributed by atoms with Gasteiger partial charge in [0.1, 0.15) is 5.69 Å². The van der Waals surface area contributed by atoms with E-state index in [4.69, 9.17) is 4.74 Å². The Morgan fingerprint density at radius 1 is 1.06 bits per heavy atom. The Bertz CT molecular complexity index is 1270. The van der Waals surface area contributed by atoms with Crippen molar-refractivity contribution < 1.29 is 9.53 Å². The number of benzene rings is 2. The number of aromatic nitrogens is 4. The van der Waals surface area contributed by atoms with Gasteiger partial charge in [0, 0.05) is 18.8 Å². The van der Waals surface area contributed by atoms with E-state index in [1.54, 1.807) is 23.0 Å². The predicted octanol–water partition coefficient (Wildman–Crippen LogP) is 2.24. The highest BCUT2D eigenvalue weighted by molar-refractivity contribution is 7.14. The summed E-state index contributed by atoms with van der Waals surface area (Å²) in [5.41, 5.74) is 2.30. The molecule has 1 saturated heterocycles. The third-order valence-corrected chi connectivity index (χ3v) is 6.19. The van der Waals surface area contributed by atoms with E-state index in [1.807, 2.05) is 24.3 Å². The van der Waals surface area contributed by atoms with Gasteiger partial charge >= 0.3 is 6.03 Å². The lowest BCUT2D eigenvalue weighted by atomic mass is 10.2. The molecule has 3 heterocycles. The van der Waals surface area contributed by atoms with Crippen molar-refractivity contribution in [1.29, 1.82) is 0 Å². The number of carbonyl (C=O) groups is 1. The van der Waals surface area contributed by atoms with E-state index >= 15 is 0 Å². The van der Waals surface area contributed by atoms with E-state index in [0.717, 1.165) is 57.9 Å². The van der Waals surface area contributed by atoms with Crippen molar-refractivity contribution in [3.05, 3.63) is 70.8 Å². The molecule has 1 amide bonds. The van der Waals surface area contributed by atoms with Gasteiger partial charge in [-0.25, -0.2) is 9.48 Å². The second-order valence-corrected chi connectivity index (χ2v) is 8.10. The summed E-state index contributed by atoms with van der Waals surface area (Å²) < 4.78 is 8.95. The van der Waals surface area contributed by atoms with Gasteiger partial charge in [-0.1, -0.05) is 17.3 Å². The van der Waals surface area contributed by atoms with Crippen LogP contribution in [0.3, 0.4) is 0 Å². The molecule has 31 heavy (non-hydrogen) atoms. The fourth-order valence-corrected chi connectivity index (χ4v) is 4.41. The largest absolute Gasteiger partial charge is 0.378 e. The molecule has 0 radical (unpaired) electrons. The van der Waals surface area contributed by atoms with Gasteiger partial charge in [-0.2, -0.15) is 3.96 Å². The molecule has 1 fully saturated rings. The van der Waals surface area contributed by atoms with Crippen LogP contribution in [0.2, 0.25) is 0 Å². The van der Waals surface area contributed by atoms with Crippen LogP contribution in [-0.4, -0.2) is 51.3 Å². The van der Waals surface area contributed by atoms with Gasteiger partial charge in [0.2, 0.25) is 0 Å². The maximum atomic E-state index is 12.5. The lowest BCUT2D eigenvalue weighted by Gasteiger charge is -2.28. The highest BCUT2D eigenvalue weighted by Gasteiger charge is 2.14. The fraction of sp³-hybridized carbons (Fsp3) is 0.238. The predicted molar refractivity (Wildman–Crippen MR) is 118 cm³/mol. The zero-order valence-electron chi connectivity index (χ0n) is 16.6. The van der Waals surface area contributed by atoms with Crippen molar-refractivity contribution in [3.8, 4) is 5.69 Å². The van der Waals surface area contributed by atoms with Gasteiger partial charge in [-0.15, -0.1) is 5.10 Å². The van der Waals surface area contributed by atoms with Crippen molar-refractivity contribution in [2.24, 2.45) is 0 Å². The Morgan fingerprint density at radius 2 is 1.81 bits per heavy atom. The number of rotatable bonds is 4. The molecule has 0 unspecified atom stereocenters. The third kappa shape index (κ3) is 3.94. The number of carbonyl (C=O) groups excluding carboxylic acids is 1. The molecule has 5 rings (SSSR count). The van der Waals surface area contributed by atoms with E-state index in [-0.39, 0.29) is 12.1 Å². The minimum Gasteiger partial charge on any atom is -0.378 e. The zero-order chi connectivity index (χ0) is 21.2. The molecule has 158 valence electrons. The summed E-state index contributed by atoms with van der Waals surface area (Å²) in [6, 6.07) is 14.8. The minimum absolute atomic E-state index is 0.172. The Hall–Kier alpha value is -3.50. The first kappa shape index (κ1) is 19.5. The Balaban J connectivity index is 1.25. The first-order chi connectivity index (χ1) is 15.2. The van der Waals surface area contributed by atoms with Crippen LogP contribution in [0.15, 0.2) is 59.5 Å². The van der Waals surface area contributed by atoms with Gasteiger partial charge in [0.05, 0.1) is 41.7 Å². The Labute approximate surface area is 181 Å². The summed E-state index contributed by atoms with van der Waals surface area (Å²) in [6.45, 7) is 3.43. The standard InChI is InChI=1S/C21H20N6O3S/c28-20-18-3-1-2-4-19(18)31-27(20)21(29)22-13-15-14-26(24-23-15)17-7-5-16(6-8-17)25-9-11-30-12-10-25/h1-8,14H,9-13H2,(H,22,29). The van der Waals surface area contributed by atoms with Crippen LogP contribution < -0.4 is 15.8 Å². The molecule has 2 aromatic heterocycles. The van der Waals surface area contributed by atoms with Gasteiger partial charge in [0.25, 0.3) is 5.56 Å². The SMILES string of the molecule is O=C(NCc1cn(-c2ccc(N3CCOCC3)cc2)nn1)n1sc2ccccc2c1=O. The number of hydrogen-bond acceptors (Lipinski definition) is 7. The Morgan fingerprint density at radius 3 is 2.58 bits per heavy atom. The van der Waals surface area contributed by atoms with Crippen LogP contribution in [0.5, 0.6) is 0 Å². The molecule has 0 bridgehead atoms. The summed E-state index contributed by atoms with van der Waals surface area (Å²) in [7, 11) is 0. The molecule has 0 aliphatic carbocycles. The molecule has 4 aromatic rings. The molecule has 2 aromatic carbocycles. The number of hydrogen-bond donors (Lipinski definition) is 1. The first-order valence-electron chi connectivity index (χ1n) is 9.93. The minimum atomic E-state index is -0.476. The molecular formula is C21H20N6O3S. The molecule has 1 aliphatic heterocycles. The van der Waals surface area contributed by atoms with E-state index in [1.165, 1.54) is 0 Å². The normalized spacial score (nSPS) is 14.1. The first-order valence-corrected chi connectivity index (χ1v) is 10.7. The van der Waals surface area contributed by atoms with Crippen LogP contribution >= 0.6 is 11.5 Å². The highest BCUT2D eigenvalue weighted by Crippen LogP contribution is 2.18. The summed E-state index contributed by atoms with van der Waals surface area (Å²) in [5, 5.41) is 11.5. The van der Waals surface area contributed by atoms with Crippen LogP contribution in [0.1, 0.15) is 5.69 Å². The lowest BCUT2D eigenvalue weighted by Crippen LogP contribution is -2.36. The summed E-state index contributed by atoms with van der Waals surface area (Å²) in [5.74, 6) is 0. The number of amides is 1. The van der Waals surface area contributed by atoms with Crippen LogP contribution in [0, 0.1) is 0 Å². The summed E-state index contributed by atoms with van der Waals surface area (Å²) >= 11 is 1.12. The molecule has 1 N–H and O–H groups in total. The highest BCUT2D eigenvalue weighted by atomic mass is 32.1. The molecular weight excluding hydrogens is 416 g/mol. The van der Waals surface area contributed by atoms with Crippen LogP contribution in [0.25, 0.3) is 15.8 Å². The van der Waals surface area contributed by atoms with E-state index in [9.17, 15) is 9.59 Å². The average Bonchev–Trinajstić information content (AvgIpc) is 3.43. The lowest BCUT2D eigenvalue weighted by molar-refractivity contribution is 0.122.